The Labute approximate surface area is 244 Å². The van der Waals surface area contributed by atoms with Crippen LogP contribution in [0.3, 0.4) is 0 Å². The largest absolute Gasteiger partial charge is 0.489 e. The molecular weight excluding hydrogens is 517 g/mol. The Hall–Kier alpha value is -2.04. The molecule has 3 aromatic rings. The number of thiophene rings is 2. The first kappa shape index (κ1) is 29.9. The molecule has 4 rings (SSSR count). The highest BCUT2D eigenvalue weighted by molar-refractivity contribution is 7.14. The van der Waals surface area contributed by atoms with Crippen molar-refractivity contribution in [3.8, 4) is 32.4 Å². The Balaban J connectivity index is 1.73. The van der Waals surface area contributed by atoms with Crippen molar-refractivity contribution in [3.05, 3.63) is 45.5 Å². The molecule has 212 valence electrons. The van der Waals surface area contributed by atoms with Gasteiger partial charge >= 0.3 is 0 Å². The van der Waals surface area contributed by atoms with Gasteiger partial charge < -0.3 is 9.47 Å². The summed E-state index contributed by atoms with van der Waals surface area (Å²) in [6, 6.07) is 8.77. The smallest absolute Gasteiger partial charge is 0.171 e. The summed E-state index contributed by atoms with van der Waals surface area (Å²) in [7, 11) is 0. The number of hydrogen-bond acceptors (Lipinski definition) is 4. The van der Waals surface area contributed by atoms with E-state index < -0.39 is 0 Å². The van der Waals surface area contributed by atoms with Crippen LogP contribution in [0.4, 0.5) is 0 Å². The second kappa shape index (κ2) is 15.1. The molecule has 0 aliphatic heterocycles. The van der Waals surface area contributed by atoms with E-state index >= 15 is 0 Å². The molecule has 0 saturated heterocycles. The average Bonchev–Trinajstić information content (AvgIpc) is 3.68. The molecule has 0 fully saturated rings. The van der Waals surface area contributed by atoms with Gasteiger partial charge in [0.25, 0.3) is 0 Å². The Morgan fingerprint density at radius 3 is 1.38 bits per heavy atom. The summed E-state index contributed by atoms with van der Waals surface area (Å²) in [5.41, 5.74) is 2.41. The summed E-state index contributed by atoms with van der Waals surface area (Å²) in [5.74, 6) is 1.89. The summed E-state index contributed by atoms with van der Waals surface area (Å²) in [5, 5.41) is 6.95. The predicted molar refractivity (Wildman–Crippen MR) is 173 cm³/mol. The minimum absolute atomic E-state index is 0.0190. The lowest BCUT2D eigenvalue weighted by Gasteiger charge is -2.20. The molecule has 0 radical (unpaired) electrons. The summed E-state index contributed by atoms with van der Waals surface area (Å²) in [6.45, 7) is 10.6. The van der Waals surface area contributed by atoms with E-state index in [2.05, 4.69) is 74.9 Å². The molecule has 1 aliphatic carbocycles. The van der Waals surface area contributed by atoms with Crippen LogP contribution in [0.15, 0.2) is 35.0 Å². The van der Waals surface area contributed by atoms with Gasteiger partial charge in [-0.25, -0.2) is 0 Å². The van der Waals surface area contributed by atoms with E-state index in [0.29, 0.717) is 0 Å². The van der Waals surface area contributed by atoms with Crippen LogP contribution in [0.5, 0.6) is 11.5 Å². The zero-order valence-corrected chi connectivity index (χ0v) is 26.3. The van der Waals surface area contributed by atoms with Gasteiger partial charge in [0.2, 0.25) is 0 Å². The Morgan fingerprint density at radius 1 is 0.590 bits per heavy atom. The van der Waals surface area contributed by atoms with Crippen LogP contribution in [0.1, 0.15) is 105 Å². The lowest BCUT2D eigenvalue weighted by Crippen LogP contribution is -2.28. The minimum atomic E-state index is -0.0190. The second-order valence-electron chi connectivity index (χ2n) is 11.5. The maximum atomic E-state index is 6.79. The third kappa shape index (κ3) is 8.01. The normalized spacial score (nSPS) is 13.6. The molecule has 2 aromatic heterocycles. The summed E-state index contributed by atoms with van der Waals surface area (Å²) < 4.78 is 13.6. The zero-order chi connectivity index (χ0) is 27.5. The lowest BCUT2D eigenvalue weighted by molar-refractivity contribution is 0.260. The number of ether oxygens (including phenoxy) is 2. The summed E-state index contributed by atoms with van der Waals surface area (Å²) >= 11 is 3.59. The van der Waals surface area contributed by atoms with E-state index in [1.165, 1.54) is 95.5 Å². The molecule has 1 aliphatic rings. The first-order valence-electron chi connectivity index (χ1n) is 15.3. The maximum absolute atomic E-state index is 6.79. The van der Waals surface area contributed by atoms with E-state index in [1.54, 1.807) is 22.7 Å². The molecule has 0 N–H and O–H groups in total. The molecule has 0 saturated carbocycles. The predicted octanol–water partition coefficient (Wildman–Crippen LogP) is 10.2. The van der Waals surface area contributed by atoms with Crippen molar-refractivity contribution in [2.45, 2.75) is 105 Å². The molecule has 0 unspecified atom stereocenters. The highest BCUT2D eigenvalue weighted by Gasteiger charge is 2.28. The van der Waals surface area contributed by atoms with Gasteiger partial charge in [0.15, 0.2) is 11.5 Å². The molecule has 0 amide bonds. The van der Waals surface area contributed by atoms with Crippen molar-refractivity contribution >= 4 is 34.8 Å². The number of hydrogen-bond donors (Lipinski definition) is 0. The second-order valence-corrected chi connectivity index (χ2v) is 13.4. The third-order valence-corrected chi connectivity index (χ3v) is 9.32. The van der Waals surface area contributed by atoms with Crippen molar-refractivity contribution in [3.63, 3.8) is 0 Å². The molecule has 2 nitrogen and oxygen atoms in total. The Kier molecular flexibility index (Phi) is 11.6. The van der Waals surface area contributed by atoms with E-state index in [4.69, 9.17) is 9.47 Å². The Morgan fingerprint density at radius 2 is 1.00 bits per heavy atom. The van der Waals surface area contributed by atoms with E-state index in [1.807, 2.05) is 0 Å². The summed E-state index contributed by atoms with van der Waals surface area (Å²) in [6.07, 6.45) is 19.9. The Bertz CT molecular complexity index is 1160. The highest BCUT2D eigenvalue weighted by Crippen LogP contribution is 2.45. The average molecular weight is 565 g/mol. The van der Waals surface area contributed by atoms with Gasteiger partial charge in [-0.15, -0.1) is 22.7 Å². The monoisotopic (exact) mass is 564 g/mol. The van der Waals surface area contributed by atoms with Crippen molar-refractivity contribution < 1.29 is 9.47 Å². The van der Waals surface area contributed by atoms with Gasteiger partial charge in [-0.3, -0.25) is 0 Å². The number of benzene rings is 1. The van der Waals surface area contributed by atoms with Crippen LogP contribution in [0.25, 0.3) is 33.0 Å². The van der Waals surface area contributed by atoms with Gasteiger partial charge in [-0.05, 0) is 46.2 Å². The number of rotatable bonds is 18. The third-order valence-electron chi connectivity index (χ3n) is 7.55. The fourth-order valence-electron chi connectivity index (χ4n) is 5.55. The van der Waals surface area contributed by atoms with E-state index in [9.17, 15) is 0 Å². The van der Waals surface area contributed by atoms with Gasteiger partial charge in [-0.1, -0.05) is 116 Å². The van der Waals surface area contributed by atoms with Crippen LogP contribution in [0, 0.1) is 5.41 Å². The quantitative estimate of drug-likeness (QED) is 0.143. The molecular formula is C35H48O2S2. The molecule has 4 heteroatoms. The number of unbranched alkanes of at least 4 members (excludes halogenated alkanes) is 10. The minimum Gasteiger partial charge on any atom is -0.489 e. The molecule has 0 atom stereocenters. The van der Waals surface area contributed by atoms with Crippen molar-refractivity contribution in [2.24, 2.45) is 5.41 Å². The molecule has 0 spiro atoms. The van der Waals surface area contributed by atoms with Crippen molar-refractivity contribution in [1.82, 2.24) is 0 Å². The first-order chi connectivity index (χ1) is 19.1. The lowest BCUT2D eigenvalue weighted by atomic mass is 9.95. The molecule has 39 heavy (non-hydrogen) atoms. The fourth-order valence-corrected chi connectivity index (χ4v) is 7.11. The molecule has 1 aromatic carbocycles. The van der Waals surface area contributed by atoms with Gasteiger partial charge in [-0.2, -0.15) is 0 Å². The standard InChI is InChI=1S/C35H48O2S2/c1-5-7-9-11-13-15-21-36-33-31(29-19-17-23-38-29)27-25-35(3,4)26-28(27)32(30-20-18-24-39-30)34(33)37-22-16-14-12-10-8-6-2/h17-20,23-26H,5-16,21-22H2,1-4H3. The van der Waals surface area contributed by atoms with Gasteiger partial charge in [0.05, 0.1) is 13.2 Å². The first-order valence-corrected chi connectivity index (χ1v) is 17.1. The number of fused-ring (bicyclic) bond motifs is 1. The fraction of sp³-hybridized carbons (Fsp3) is 0.543. The van der Waals surface area contributed by atoms with Gasteiger partial charge in [0, 0.05) is 26.3 Å². The molecule has 2 heterocycles. The van der Waals surface area contributed by atoms with Gasteiger partial charge in [0.1, 0.15) is 0 Å². The zero-order valence-electron chi connectivity index (χ0n) is 24.7. The van der Waals surface area contributed by atoms with Crippen LogP contribution >= 0.6 is 22.7 Å². The van der Waals surface area contributed by atoms with Crippen molar-refractivity contribution in [2.75, 3.05) is 13.2 Å². The van der Waals surface area contributed by atoms with Crippen LogP contribution < -0.4 is 19.9 Å². The van der Waals surface area contributed by atoms with Crippen LogP contribution in [0.2, 0.25) is 0 Å². The molecule has 0 bridgehead atoms. The summed E-state index contributed by atoms with van der Waals surface area (Å²) in [4.78, 5) is 2.52. The van der Waals surface area contributed by atoms with Crippen LogP contribution in [-0.4, -0.2) is 13.2 Å². The topological polar surface area (TPSA) is 18.5 Å². The SMILES string of the molecule is CCCCCCCCOc1c(OCCCCCCCC)c(-c2cccs2)c2c(c1-c1cccs1)=CC(C)(C)C=2. The van der Waals surface area contributed by atoms with E-state index in [-0.39, 0.29) is 5.41 Å². The highest BCUT2D eigenvalue weighted by atomic mass is 32.1. The van der Waals surface area contributed by atoms with Crippen LogP contribution in [-0.2, 0) is 0 Å². The maximum Gasteiger partial charge on any atom is 0.171 e. The van der Waals surface area contributed by atoms with E-state index in [0.717, 1.165) is 37.6 Å². The van der Waals surface area contributed by atoms with Crippen molar-refractivity contribution in [1.29, 1.82) is 0 Å².